The third kappa shape index (κ3) is 2.18. The van der Waals surface area contributed by atoms with Crippen molar-refractivity contribution in [3.8, 4) is 5.75 Å². The molecule has 0 aliphatic heterocycles. The predicted octanol–water partition coefficient (Wildman–Crippen LogP) is 2.65. The van der Waals surface area contributed by atoms with Gasteiger partial charge in [0.15, 0.2) is 5.78 Å². The van der Waals surface area contributed by atoms with Crippen molar-refractivity contribution in [2.75, 3.05) is 12.8 Å². The molecule has 1 aromatic carbocycles. The molecule has 1 aliphatic carbocycles. The number of hydrogen-bond donors (Lipinski definition) is 1. The monoisotopic (exact) mass is 219 g/mol. The Hall–Kier alpha value is -1.51. The van der Waals surface area contributed by atoms with Gasteiger partial charge in [0.1, 0.15) is 5.75 Å². The molecular weight excluding hydrogens is 202 g/mol. The van der Waals surface area contributed by atoms with Crippen LogP contribution in [0.2, 0.25) is 0 Å². The molecule has 1 fully saturated rings. The molecule has 1 aromatic rings. The number of anilines is 1. The smallest absolute Gasteiger partial charge is 0.165 e. The molecule has 1 saturated carbocycles. The average Bonchev–Trinajstić information content (AvgIpc) is 2.24. The van der Waals surface area contributed by atoms with Crippen LogP contribution in [0.3, 0.4) is 0 Å². The Kier molecular flexibility index (Phi) is 3.13. The second kappa shape index (κ2) is 4.56. The zero-order chi connectivity index (χ0) is 11.5. The van der Waals surface area contributed by atoms with E-state index in [0.29, 0.717) is 29.3 Å². The maximum absolute atomic E-state index is 12.0. The van der Waals surface area contributed by atoms with Gasteiger partial charge in [-0.15, -0.1) is 0 Å². The zero-order valence-corrected chi connectivity index (χ0v) is 9.53. The van der Waals surface area contributed by atoms with Gasteiger partial charge < -0.3 is 10.5 Å². The Balaban J connectivity index is 2.13. The second-order valence-electron chi connectivity index (χ2n) is 4.38. The first kappa shape index (κ1) is 11.0. The van der Waals surface area contributed by atoms with Gasteiger partial charge in [0.05, 0.1) is 7.11 Å². The van der Waals surface area contributed by atoms with E-state index in [0.717, 1.165) is 0 Å². The molecule has 0 heterocycles. The van der Waals surface area contributed by atoms with E-state index in [1.54, 1.807) is 25.3 Å². The van der Waals surface area contributed by atoms with E-state index in [1.807, 2.05) is 0 Å². The number of nitrogens with two attached hydrogens (primary N) is 1. The number of ketones is 1. The minimum Gasteiger partial charge on any atom is -0.497 e. The Bertz CT molecular complexity index is 397. The van der Waals surface area contributed by atoms with Crippen molar-refractivity contribution in [1.29, 1.82) is 0 Å². The lowest BCUT2D eigenvalue weighted by molar-refractivity contribution is 0.0937. The highest BCUT2D eigenvalue weighted by atomic mass is 16.5. The number of methoxy groups -OCH3 is 1. The van der Waals surface area contributed by atoms with Crippen molar-refractivity contribution in [3.05, 3.63) is 23.8 Å². The van der Waals surface area contributed by atoms with Crippen molar-refractivity contribution in [2.24, 2.45) is 5.92 Å². The van der Waals surface area contributed by atoms with Gasteiger partial charge in [-0.1, -0.05) is 19.3 Å². The van der Waals surface area contributed by atoms with Crippen LogP contribution < -0.4 is 10.5 Å². The molecule has 0 saturated heterocycles. The molecule has 2 rings (SSSR count). The van der Waals surface area contributed by atoms with Gasteiger partial charge in [-0.3, -0.25) is 4.79 Å². The van der Waals surface area contributed by atoms with Crippen LogP contribution in [-0.4, -0.2) is 12.9 Å². The number of carbonyl (C=O) groups excluding carboxylic acids is 1. The molecule has 3 heteroatoms. The molecule has 16 heavy (non-hydrogen) atoms. The molecule has 1 aliphatic rings. The fourth-order valence-electron chi connectivity index (χ4n) is 1.97. The maximum Gasteiger partial charge on any atom is 0.165 e. The quantitative estimate of drug-likeness (QED) is 0.625. The standard InChI is InChI=1S/C13H17NO2/c1-16-10-5-6-12(14)11(8-10)13(15)7-9-3-2-4-9/h5-6,8-9H,2-4,7,14H2,1H3. The van der Waals surface area contributed by atoms with Crippen LogP contribution in [0, 0.1) is 5.92 Å². The third-order valence-corrected chi connectivity index (χ3v) is 3.26. The molecule has 0 unspecified atom stereocenters. The lowest BCUT2D eigenvalue weighted by Gasteiger charge is -2.24. The molecule has 0 spiro atoms. The topological polar surface area (TPSA) is 52.3 Å². The van der Waals surface area contributed by atoms with E-state index in [9.17, 15) is 4.79 Å². The number of ether oxygens (including phenoxy) is 1. The van der Waals surface area contributed by atoms with Crippen molar-refractivity contribution in [2.45, 2.75) is 25.7 Å². The van der Waals surface area contributed by atoms with Crippen LogP contribution in [0.1, 0.15) is 36.0 Å². The van der Waals surface area contributed by atoms with Gasteiger partial charge >= 0.3 is 0 Å². The summed E-state index contributed by atoms with van der Waals surface area (Å²) in [6.45, 7) is 0. The van der Waals surface area contributed by atoms with E-state index in [4.69, 9.17) is 10.5 Å². The summed E-state index contributed by atoms with van der Waals surface area (Å²) in [7, 11) is 1.59. The molecule has 3 nitrogen and oxygen atoms in total. The summed E-state index contributed by atoms with van der Waals surface area (Å²) in [6.07, 6.45) is 4.23. The van der Waals surface area contributed by atoms with Gasteiger partial charge in [0.25, 0.3) is 0 Å². The summed E-state index contributed by atoms with van der Waals surface area (Å²) in [4.78, 5) is 12.0. The molecule has 0 bridgehead atoms. The summed E-state index contributed by atoms with van der Waals surface area (Å²) in [5, 5.41) is 0. The molecule has 2 N–H and O–H groups in total. The summed E-state index contributed by atoms with van der Waals surface area (Å²) in [5.41, 5.74) is 6.95. The van der Waals surface area contributed by atoms with E-state index in [-0.39, 0.29) is 5.78 Å². The highest BCUT2D eigenvalue weighted by molar-refractivity contribution is 6.01. The molecular formula is C13H17NO2. The van der Waals surface area contributed by atoms with Crippen LogP contribution in [-0.2, 0) is 0 Å². The summed E-state index contributed by atoms with van der Waals surface area (Å²) in [6, 6.07) is 5.23. The summed E-state index contributed by atoms with van der Waals surface area (Å²) >= 11 is 0. The number of hydrogen-bond acceptors (Lipinski definition) is 3. The number of Topliss-reactive ketones (excluding diaryl/α,β-unsaturated/α-hetero) is 1. The molecule has 86 valence electrons. The lowest BCUT2D eigenvalue weighted by atomic mass is 9.81. The normalized spacial score (nSPS) is 15.6. The van der Waals surface area contributed by atoms with Crippen LogP contribution in [0.4, 0.5) is 5.69 Å². The van der Waals surface area contributed by atoms with Crippen molar-refractivity contribution in [3.63, 3.8) is 0 Å². The Morgan fingerprint density at radius 1 is 1.50 bits per heavy atom. The Morgan fingerprint density at radius 3 is 2.81 bits per heavy atom. The fourth-order valence-corrected chi connectivity index (χ4v) is 1.97. The predicted molar refractivity (Wildman–Crippen MR) is 63.7 cm³/mol. The fraction of sp³-hybridized carbons (Fsp3) is 0.462. The molecule has 0 atom stereocenters. The van der Waals surface area contributed by atoms with Crippen molar-refractivity contribution in [1.82, 2.24) is 0 Å². The van der Waals surface area contributed by atoms with Crippen molar-refractivity contribution >= 4 is 11.5 Å². The van der Waals surface area contributed by atoms with Crippen LogP contribution >= 0.6 is 0 Å². The van der Waals surface area contributed by atoms with Gasteiger partial charge in [-0.2, -0.15) is 0 Å². The summed E-state index contributed by atoms with van der Waals surface area (Å²) < 4.78 is 5.10. The summed E-state index contributed by atoms with van der Waals surface area (Å²) in [5.74, 6) is 1.39. The van der Waals surface area contributed by atoms with E-state index in [2.05, 4.69) is 0 Å². The van der Waals surface area contributed by atoms with Gasteiger partial charge in [-0.25, -0.2) is 0 Å². The molecule has 0 aromatic heterocycles. The first-order valence-electron chi connectivity index (χ1n) is 5.67. The first-order chi connectivity index (χ1) is 7.70. The van der Waals surface area contributed by atoms with Gasteiger partial charge in [0.2, 0.25) is 0 Å². The zero-order valence-electron chi connectivity index (χ0n) is 9.53. The first-order valence-corrected chi connectivity index (χ1v) is 5.67. The Morgan fingerprint density at radius 2 is 2.25 bits per heavy atom. The van der Waals surface area contributed by atoms with Gasteiger partial charge in [0, 0.05) is 17.7 Å². The average molecular weight is 219 g/mol. The van der Waals surface area contributed by atoms with Crippen LogP contribution in [0.5, 0.6) is 5.75 Å². The minimum absolute atomic E-state index is 0.140. The van der Waals surface area contributed by atoms with Crippen LogP contribution in [0.15, 0.2) is 18.2 Å². The van der Waals surface area contributed by atoms with Gasteiger partial charge in [-0.05, 0) is 24.1 Å². The number of benzene rings is 1. The largest absolute Gasteiger partial charge is 0.497 e. The maximum atomic E-state index is 12.0. The lowest BCUT2D eigenvalue weighted by Crippen LogP contribution is -2.16. The number of carbonyl (C=O) groups is 1. The highest BCUT2D eigenvalue weighted by Gasteiger charge is 2.22. The number of nitrogen functional groups attached to an aromatic ring is 1. The van der Waals surface area contributed by atoms with E-state index >= 15 is 0 Å². The number of rotatable bonds is 4. The second-order valence-corrected chi connectivity index (χ2v) is 4.38. The van der Waals surface area contributed by atoms with E-state index in [1.165, 1.54) is 19.3 Å². The van der Waals surface area contributed by atoms with E-state index < -0.39 is 0 Å². The van der Waals surface area contributed by atoms with Crippen LogP contribution in [0.25, 0.3) is 0 Å². The SMILES string of the molecule is COc1ccc(N)c(C(=O)CC2CCC2)c1. The highest BCUT2D eigenvalue weighted by Crippen LogP contribution is 2.31. The molecule has 0 amide bonds. The van der Waals surface area contributed by atoms with Crippen molar-refractivity contribution < 1.29 is 9.53 Å². The Labute approximate surface area is 95.6 Å². The minimum atomic E-state index is 0.140. The molecule has 0 radical (unpaired) electrons. The third-order valence-electron chi connectivity index (χ3n) is 3.26.